The first-order valence-corrected chi connectivity index (χ1v) is 19.9. The summed E-state index contributed by atoms with van der Waals surface area (Å²) in [6, 6.07) is 5.07. The van der Waals surface area contributed by atoms with Crippen LogP contribution >= 0.6 is 11.6 Å². The fourth-order valence-corrected chi connectivity index (χ4v) is 8.00. The van der Waals surface area contributed by atoms with Crippen LogP contribution in [0.2, 0.25) is 0 Å². The lowest BCUT2D eigenvalue weighted by Crippen LogP contribution is -2.64. The van der Waals surface area contributed by atoms with Crippen LogP contribution in [-0.4, -0.2) is 137 Å². The van der Waals surface area contributed by atoms with E-state index in [2.05, 4.69) is 15.6 Å². The second kappa shape index (κ2) is 19.6. The van der Waals surface area contributed by atoms with E-state index in [0.29, 0.717) is 50.6 Å². The van der Waals surface area contributed by atoms with Gasteiger partial charge < -0.3 is 51.8 Å². The molecule has 4 rings (SSSR count). The number of guanidine groups is 1. The number of aliphatic hydroxyl groups is 3. The van der Waals surface area contributed by atoms with Crippen LogP contribution in [0.4, 0.5) is 0 Å². The summed E-state index contributed by atoms with van der Waals surface area (Å²) in [4.78, 5) is 48.3. The van der Waals surface area contributed by atoms with Gasteiger partial charge in [-0.05, 0) is 55.9 Å². The summed E-state index contributed by atoms with van der Waals surface area (Å²) < 4.78 is 49.9. The fourth-order valence-electron chi connectivity index (χ4n) is 7.24. The summed E-state index contributed by atoms with van der Waals surface area (Å²) >= 11 is 6.62. The van der Waals surface area contributed by atoms with Gasteiger partial charge in [-0.15, -0.1) is 11.6 Å². The molecule has 1 saturated carbocycles. The molecule has 2 heterocycles. The molecule has 0 spiro atoms. The van der Waals surface area contributed by atoms with E-state index in [1.807, 2.05) is 0 Å². The average Bonchev–Trinajstić information content (AvgIpc) is 3.48. The number of benzene rings is 1. The van der Waals surface area contributed by atoms with Gasteiger partial charge in [-0.2, -0.15) is 8.42 Å². The SMILES string of the molecule is CC(C)[C@H](O[C@H]1OC[C@@H](O)[C@H](O)[C@H]1O)[C@@H](NC(=O)[C@H](Cc1ccccc1)OS(=O)(=O)O)C(=O)N1[C@H](C(=O)NCCCCN=C(N)N)C[C@@H]2CC[C@@H](Cl)C[C@@H]21. The van der Waals surface area contributed by atoms with Crippen molar-refractivity contribution >= 4 is 45.7 Å². The van der Waals surface area contributed by atoms with Crippen LogP contribution < -0.4 is 22.1 Å². The predicted octanol–water partition coefficient (Wildman–Crippen LogP) is -1.07. The standard InChI is InChI=1S/C34H53ClN6O12S/c1-18(2)29(52-33-28(44)27(43)24(42)17-51-33)26(40-31(46)25(53-54(48,49)50)14-19-8-4-3-5-9-19)32(47)41-22-16-21(35)11-10-20(22)15-23(41)30(45)38-12-6-7-13-39-34(36)37/h3-5,8-9,18,20-29,33,42-44H,6-7,10-17H2,1-2H3,(H,38,45)(H,40,46)(H4,36,37,39)(H,48,49,50)/t20-,21+,22-,23-,24+,25-,26+,27-,28+,29-,33+/m0/s1. The summed E-state index contributed by atoms with van der Waals surface area (Å²) in [6.07, 6.45) is -6.83. The molecule has 20 heteroatoms. The quantitative estimate of drug-likeness (QED) is 0.0306. The lowest BCUT2D eigenvalue weighted by molar-refractivity contribution is -0.288. The minimum Gasteiger partial charge on any atom is -0.388 e. The Morgan fingerprint density at radius 2 is 1.78 bits per heavy atom. The van der Waals surface area contributed by atoms with Crippen molar-refractivity contribution in [1.82, 2.24) is 15.5 Å². The Hall–Kier alpha value is -3.14. The molecule has 54 heavy (non-hydrogen) atoms. The number of ether oxygens (including phenoxy) is 2. The van der Waals surface area contributed by atoms with Crippen LogP contribution in [0.25, 0.3) is 0 Å². The number of nitrogens with two attached hydrogens (primary N) is 2. The van der Waals surface area contributed by atoms with E-state index >= 15 is 4.79 Å². The number of likely N-dealkylation sites (tertiary alicyclic amines) is 1. The van der Waals surface area contributed by atoms with Gasteiger partial charge in [-0.25, -0.2) is 4.18 Å². The van der Waals surface area contributed by atoms with E-state index in [1.165, 1.54) is 4.90 Å². The van der Waals surface area contributed by atoms with Gasteiger partial charge in [0.25, 0.3) is 5.91 Å². The van der Waals surface area contributed by atoms with Crippen LogP contribution in [0.15, 0.2) is 35.3 Å². The maximum absolute atomic E-state index is 15.1. The van der Waals surface area contributed by atoms with Gasteiger partial charge in [-0.1, -0.05) is 44.2 Å². The van der Waals surface area contributed by atoms with Crippen molar-refractivity contribution in [2.45, 2.75) is 119 Å². The molecule has 1 aromatic rings. The molecular formula is C34H53ClN6O12S. The van der Waals surface area contributed by atoms with Crippen molar-refractivity contribution in [2.24, 2.45) is 28.3 Å². The Morgan fingerprint density at radius 1 is 1.07 bits per heavy atom. The second-order valence-electron chi connectivity index (χ2n) is 14.3. The third-order valence-electron chi connectivity index (χ3n) is 9.94. The molecule has 10 N–H and O–H groups in total. The number of aliphatic hydroxyl groups excluding tert-OH is 3. The first-order valence-electron chi connectivity index (χ1n) is 18.1. The third-order valence-corrected chi connectivity index (χ3v) is 10.8. The Kier molecular flexibility index (Phi) is 15.8. The Morgan fingerprint density at radius 3 is 2.43 bits per heavy atom. The highest BCUT2D eigenvalue weighted by atomic mass is 35.5. The number of nitrogens with zero attached hydrogens (tertiary/aromatic N) is 2. The molecule has 2 aliphatic heterocycles. The Labute approximate surface area is 319 Å². The van der Waals surface area contributed by atoms with E-state index in [1.54, 1.807) is 44.2 Å². The molecule has 1 aromatic carbocycles. The van der Waals surface area contributed by atoms with E-state index in [9.17, 15) is 37.9 Å². The number of aliphatic imine (C=N–C) groups is 1. The van der Waals surface area contributed by atoms with Crippen molar-refractivity contribution in [3.63, 3.8) is 0 Å². The zero-order valence-corrected chi connectivity index (χ0v) is 31.8. The van der Waals surface area contributed by atoms with Crippen LogP contribution in [0.1, 0.15) is 57.9 Å². The number of alkyl halides is 1. The van der Waals surface area contributed by atoms with Crippen molar-refractivity contribution < 1.29 is 56.3 Å². The highest BCUT2D eigenvalue weighted by Crippen LogP contribution is 2.42. The number of carbonyl (C=O) groups excluding carboxylic acids is 3. The molecular weight excluding hydrogens is 752 g/mol. The van der Waals surface area contributed by atoms with Gasteiger partial charge in [0.05, 0.1) is 12.7 Å². The molecule has 3 amide bonds. The summed E-state index contributed by atoms with van der Waals surface area (Å²) in [6.45, 7) is 3.53. The smallest absolute Gasteiger partial charge is 0.388 e. The highest BCUT2D eigenvalue weighted by molar-refractivity contribution is 7.80. The number of hydrogen-bond donors (Lipinski definition) is 8. The molecule has 0 aromatic heterocycles. The van der Waals surface area contributed by atoms with E-state index in [0.717, 1.165) is 0 Å². The molecule has 0 bridgehead atoms. The number of fused-ring (bicyclic) bond motifs is 1. The number of halogens is 1. The van der Waals surface area contributed by atoms with Gasteiger partial charge >= 0.3 is 10.4 Å². The van der Waals surface area contributed by atoms with Gasteiger partial charge in [0.2, 0.25) is 11.8 Å². The molecule has 2 saturated heterocycles. The topological polar surface area (TPSA) is 286 Å². The lowest BCUT2D eigenvalue weighted by Gasteiger charge is -2.42. The number of rotatable bonds is 17. The van der Waals surface area contributed by atoms with Crippen LogP contribution in [-0.2, 0) is 44.9 Å². The first kappa shape index (κ1) is 43.6. The van der Waals surface area contributed by atoms with E-state index in [4.69, 9.17) is 36.7 Å². The maximum Gasteiger partial charge on any atom is 0.398 e. The second-order valence-corrected chi connectivity index (χ2v) is 16.0. The molecule has 0 radical (unpaired) electrons. The van der Waals surface area contributed by atoms with Crippen molar-refractivity contribution in [3.8, 4) is 0 Å². The minimum atomic E-state index is -5.18. The minimum absolute atomic E-state index is 0.0427. The summed E-state index contributed by atoms with van der Waals surface area (Å²) in [5.74, 6) is -3.08. The maximum atomic E-state index is 15.1. The lowest BCUT2D eigenvalue weighted by atomic mass is 9.84. The number of carbonyl (C=O) groups is 3. The number of unbranched alkanes of at least 4 members (excludes halogenated alkanes) is 1. The number of amides is 3. The normalized spacial score (nSPS) is 28.8. The Balaban J connectivity index is 1.70. The monoisotopic (exact) mass is 804 g/mol. The molecule has 3 aliphatic rings. The molecule has 3 fully saturated rings. The third kappa shape index (κ3) is 11.9. The van der Waals surface area contributed by atoms with E-state index in [-0.39, 0.29) is 30.2 Å². The predicted molar refractivity (Wildman–Crippen MR) is 195 cm³/mol. The molecule has 18 nitrogen and oxygen atoms in total. The summed E-state index contributed by atoms with van der Waals surface area (Å²) in [7, 11) is -5.18. The first-order chi connectivity index (χ1) is 25.5. The largest absolute Gasteiger partial charge is 0.398 e. The van der Waals surface area contributed by atoms with E-state index < -0.39 is 95.6 Å². The van der Waals surface area contributed by atoms with Crippen LogP contribution in [0, 0.1) is 11.8 Å². The van der Waals surface area contributed by atoms with Gasteiger partial charge in [0.1, 0.15) is 30.4 Å². The van der Waals surface area contributed by atoms with Crippen LogP contribution in [0.3, 0.4) is 0 Å². The zero-order chi connectivity index (χ0) is 39.7. The van der Waals surface area contributed by atoms with Crippen molar-refractivity contribution in [1.29, 1.82) is 0 Å². The number of nitrogens with one attached hydrogen (secondary N) is 2. The Bertz CT molecular complexity index is 1550. The molecule has 304 valence electrons. The van der Waals surface area contributed by atoms with Gasteiger partial charge in [0, 0.05) is 30.9 Å². The van der Waals surface area contributed by atoms with Crippen molar-refractivity contribution in [2.75, 3.05) is 19.7 Å². The van der Waals surface area contributed by atoms with Crippen molar-refractivity contribution in [3.05, 3.63) is 35.9 Å². The van der Waals surface area contributed by atoms with Gasteiger partial charge in [-0.3, -0.25) is 23.9 Å². The summed E-state index contributed by atoms with van der Waals surface area (Å²) in [5.41, 5.74) is 11.2. The molecule has 11 atom stereocenters. The molecule has 1 aliphatic carbocycles. The molecule has 0 unspecified atom stereocenters. The number of hydrogen-bond acceptors (Lipinski definition) is 12. The highest BCUT2D eigenvalue weighted by Gasteiger charge is 2.52. The van der Waals surface area contributed by atoms with Gasteiger partial charge in [0.15, 0.2) is 18.4 Å². The summed E-state index contributed by atoms with van der Waals surface area (Å²) in [5, 5.41) is 36.3. The van der Waals surface area contributed by atoms with Crippen LogP contribution in [0.5, 0.6) is 0 Å². The average molecular weight is 805 g/mol. The fraction of sp³-hybridized carbons (Fsp3) is 0.706. The zero-order valence-electron chi connectivity index (χ0n) is 30.3.